The molecule has 0 aliphatic carbocycles. The number of nitrogen functional groups attached to an aromatic ring is 1. The number of amides is 1. The van der Waals surface area contributed by atoms with E-state index in [1.165, 1.54) is 0 Å². The topological polar surface area (TPSA) is 179 Å². The van der Waals surface area contributed by atoms with Gasteiger partial charge in [0.2, 0.25) is 5.95 Å². The number of benzene rings is 1. The molecule has 1 aromatic carbocycles. The molecule has 11 heteroatoms. The van der Waals surface area contributed by atoms with Crippen LogP contribution in [0.15, 0.2) is 41.7 Å². The number of H-pyrrole nitrogens is 1. The molecule has 0 radical (unpaired) electrons. The van der Waals surface area contributed by atoms with Gasteiger partial charge in [0, 0.05) is 24.6 Å². The Morgan fingerprint density at radius 3 is 2.63 bits per heavy atom. The number of carboxylic acid groups (broad SMARTS) is 2. The van der Waals surface area contributed by atoms with Crippen molar-refractivity contribution in [2.24, 2.45) is 0 Å². The molecule has 11 nitrogen and oxygen atoms in total. The maximum Gasteiger partial charge on any atom is 0.326 e. The average molecular weight is 484 g/mol. The highest BCUT2D eigenvalue weighted by molar-refractivity contribution is 5.96. The van der Waals surface area contributed by atoms with Gasteiger partial charge in [0.25, 0.3) is 11.5 Å². The zero-order valence-corrected chi connectivity index (χ0v) is 19.2. The van der Waals surface area contributed by atoms with Crippen LogP contribution in [-0.4, -0.2) is 56.7 Å². The second-order valence-corrected chi connectivity index (χ2v) is 8.41. The molecule has 2 heterocycles. The third-order valence-corrected chi connectivity index (χ3v) is 5.99. The predicted octanol–water partition coefficient (Wildman–Crippen LogP) is 1.34. The Hall–Kier alpha value is -4.15. The summed E-state index contributed by atoms with van der Waals surface area (Å²) in [6.07, 6.45) is 4.10. The molecule has 1 unspecified atom stereocenters. The maximum absolute atomic E-state index is 12.5. The number of aromatic nitrogens is 2. The van der Waals surface area contributed by atoms with E-state index in [2.05, 4.69) is 21.9 Å². The Kier molecular flexibility index (Phi) is 8.24. The number of hydrogen-bond donors (Lipinski definition) is 5. The van der Waals surface area contributed by atoms with Gasteiger partial charge in [-0.15, -0.1) is 6.58 Å². The minimum Gasteiger partial charge on any atom is -0.481 e. The number of aryl methyl sites for hydroxylation is 2. The van der Waals surface area contributed by atoms with Crippen molar-refractivity contribution in [1.82, 2.24) is 15.3 Å². The first-order valence-corrected chi connectivity index (χ1v) is 11.3. The van der Waals surface area contributed by atoms with Gasteiger partial charge >= 0.3 is 11.9 Å². The van der Waals surface area contributed by atoms with E-state index in [1.807, 2.05) is 4.90 Å². The van der Waals surface area contributed by atoms with Crippen molar-refractivity contribution in [3.05, 3.63) is 64.1 Å². The van der Waals surface area contributed by atoms with Crippen molar-refractivity contribution in [3.8, 4) is 0 Å². The second-order valence-electron chi connectivity index (χ2n) is 8.41. The first kappa shape index (κ1) is 25.5. The van der Waals surface area contributed by atoms with E-state index in [-0.39, 0.29) is 36.0 Å². The number of carboxylic acids is 2. The molecule has 1 aliphatic rings. The van der Waals surface area contributed by atoms with Crippen LogP contribution in [0, 0.1) is 0 Å². The molecule has 0 fully saturated rings. The van der Waals surface area contributed by atoms with Crippen LogP contribution < -0.4 is 21.5 Å². The predicted molar refractivity (Wildman–Crippen MR) is 129 cm³/mol. The van der Waals surface area contributed by atoms with Crippen LogP contribution in [-0.2, 0) is 22.4 Å². The van der Waals surface area contributed by atoms with Crippen molar-refractivity contribution in [3.63, 3.8) is 0 Å². The molecule has 1 aromatic heterocycles. The van der Waals surface area contributed by atoms with E-state index in [9.17, 15) is 24.3 Å². The molecule has 0 bridgehead atoms. The standard InChI is InChI=1S/C24H29N5O6/c1-2-13-29-16(9-10-17-20(29)22(33)28-24(25)27-17)8-5-14-3-6-15(7-4-14)21(32)26-18(23(34)35)11-12-19(30)31/h2-4,6-7,16,18H,1,5,8-13H2,(H,26,32)(H,30,31)(H,34,35)(H3,25,27,28,33)/t16?,18-/m0/s1. The maximum atomic E-state index is 12.5. The number of rotatable bonds is 11. The summed E-state index contributed by atoms with van der Waals surface area (Å²) in [7, 11) is 0. The van der Waals surface area contributed by atoms with Crippen LogP contribution in [0.2, 0.25) is 0 Å². The third kappa shape index (κ3) is 6.46. The monoisotopic (exact) mass is 483 g/mol. The summed E-state index contributed by atoms with van der Waals surface area (Å²) in [4.78, 5) is 55.8. The number of nitrogens with one attached hydrogen (secondary N) is 2. The number of nitrogens with two attached hydrogens (primary N) is 1. The number of carbonyl (C=O) groups is 3. The summed E-state index contributed by atoms with van der Waals surface area (Å²) in [5.41, 5.74) is 7.89. The van der Waals surface area contributed by atoms with Crippen molar-refractivity contribution in [1.29, 1.82) is 0 Å². The van der Waals surface area contributed by atoms with Gasteiger partial charge in [0.1, 0.15) is 11.7 Å². The fourth-order valence-corrected chi connectivity index (χ4v) is 4.25. The van der Waals surface area contributed by atoms with E-state index in [4.69, 9.17) is 10.8 Å². The Bertz CT molecular complexity index is 1160. The van der Waals surface area contributed by atoms with Gasteiger partial charge in [-0.25, -0.2) is 9.78 Å². The normalized spacial score (nSPS) is 15.7. The van der Waals surface area contributed by atoms with Crippen molar-refractivity contribution < 1.29 is 24.6 Å². The summed E-state index contributed by atoms with van der Waals surface area (Å²) < 4.78 is 0. The number of aliphatic carboxylic acids is 2. The number of nitrogens with zero attached hydrogens (tertiary/aromatic N) is 2. The molecule has 0 saturated carbocycles. The molecule has 1 aliphatic heterocycles. The zero-order valence-electron chi connectivity index (χ0n) is 19.2. The number of fused-ring (bicyclic) bond motifs is 1. The van der Waals surface area contributed by atoms with Gasteiger partial charge in [-0.1, -0.05) is 18.2 Å². The fourth-order valence-electron chi connectivity index (χ4n) is 4.25. The van der Waals surface area contributed by atoms with Gasteiger partial charge in [-0.2, -0.15) is 0 Å². The highest BCUT2D eigenvalue weighted by Crippen LogP contribution is 2.29. The minimum absolute atomic E-state index is 0.0977. The molecule has 186 valence electrons. The lowest BCUT2D eigenvalue weighted by Gasteiger charge is -2.37. The Labute approximate surface area is 201 Å². The molecule has 0 saturated heterocycles. The van der Waals surface area contributed by atoms with Crippen LogP contribution in [0.25, 0.3) is 0 Å². The molecule has 2 aromatic rings. The highest BCUT2D eigenvalue weighted by atomic mass is 16.4. The third-order valence-electron chi connectivity index (χ3n) is 5.99. The fraction of sp³-hybridized carbons (Fsp3) is 0.375. The van der Waals surface area contributed by atoms with E-state index < -0.39 is 23.9 Å². The van der Waals surface area contributed by atoms with Crippen molar-refractivity contribution in [2.75, 3.05) is 17.2 Å². The second kappa shape index (κ2) is 11.3. The van der Waals surface area contributed by atoms with Crippen molar-refractivity contribution >= 4 is 29.5 Å². The number of hydrogen-bond acceptors (Lipinski definition) is 7. The molecule has 35 heavy (non-hydrogen) atoms. The first-order valence-electron chi connectivity index (χ1n) is 11.3. The van der Waals surface area contributed by atoms with Crippen LogP contribution in [0.3, 0.4) is 0 Å². The lowest BCUT2D eigenvalue weighted by atomic mass is 9.94. The van der Waals surface area contributed by atoms with E-state index >= 15 is 0 Å². The van der Waals surface area contributed by atoms with E-state index in [0.717, 1.165) is 18.4 Å². The molecule has 2 atom stereocenters. The van der Waals surface area contributed by atoms with Crippen LogP contribution in [0.5, 0.6) is 0 Å². The van der Waals surface area contributed by atoms with E-state index in [1.54, 1.807) is 30.3 Å². The Balaban J connectivity index is 1.64. The average Bonchev–Trinajstić information content (AvgIpc) is 2.80. The summed E-state index contributed by atoms with van der Waals surface area (Å²) in [6.45, 7) is 4.30. The lowest BCUT2D eigenvalue weighted by molar-refractivity contribution is -0.140. The van der Waals surface area contributed by atoms with Gasteiger partial charge in [0.05, 0.1) is 5.69 Å². The molecule has 0 spiro atoms. The first-order chi connectivity index (χ1) is 16.7. The van der Waals surface area contributed by atoms with Crippen LogP contribution >= 0.6 is 0 Å². The minimum atomic E-state index is -1.29. The molecule has 6 N–H and O–H groups in total. The van der Waals surface area contributed by atoms with Gasteiger partial charge < -0.3 is 26.2 Å². The zero-order chi connectivity index (χ0) is 25.5. The summed E-state index contributed by atoms with van der Waals surface area (Å²) in [5, 5.41) is 20.3. The van der Waals surface area contributed by atoms with Gasteiger partial charge in [-0.3, -0.25) is 19.4 Å². The summed E-state index contributed by atoms with van der Waals surface area (Å²) in [5.74, 6) is -2.90. The largest absolute Gasteiger partial charge is 0.481 e. The number of aromatic amines is 1. The summed E-state index contributed by atoms with van der Waals surface area (Å²) in [6, 6.07) is 5.62. The number of anilines is 2. The Morgan fingerprint density at radius 2 is 2.00 bits per heavy atom. The highest BCUT2D eigenvalue weighted by Gasteiger charge is 2.29. The molecule has 1 amide bonds. The summed E-state index contributed by atoms with van der Waals surface area (Å²) >= 11 is 0. The van der Waals surface area contributed by atoms with Gasteiger partial charge in [-0.05, 0) is 49.8 Å². The van der Waals surface area contributed by atoms with Crippen LogP contribution in [0.4, 0.5) is 11.6 Å². The lowest BCUT2D eigenvalue weighted by Crippen LogP contribution is -2.43. The van der Waals surface area contributed by atoms with Crippen LogP contribution in [0.1, 0.15) is 47.3 Å². The number of carbonyl (C=O) groups excluding carboxylic acids is 1. The quantitative estimate of drug-likeness (QED) is 0.295. The smallest absolute Gasteiger partial charge is 0.326 e. The molecular weight excluding hydrogens is 454 g/mol. The van der Waals surface area contributed by atoms with Gasteiger partial charge in [0.15, 0.2) is 0 Å². The van der Waals surface area contributed by atoms with E-state index in [0.29, 0.717) is 30.8 Å². The SMILES string of the molecule is C=CCN1c2c(nc(N)[nH]c2=O)CCC1CCc1ccc(C(=O)N[C@@H](CCC(=O)O)C(=O)O)cc1. The van der Waals surface area contributed by atoms with Crippen molar-refractivity contribution in [2.45, 2.75) is 50.6 Å². The Morgan fingerprint density at radius 1 is 1.29 bits per heavy atom. The molecular formula is C24H29N5O6. The molecule has 3 rings (SSSR count).